The van der Waals surface area contributed by atoms with E-state index in [2.05, 4.69) is 48.9 Å². The summed E-state index contributed by atoms with van der Waals surface area (Å²) in [7, 11) is 0. The van der Waals surface area contributed by atoms with Gasteiger partial charge >= 0.3 is 0 Å². The summed E-state index contributed by atoms with van der Waals surface area (Å²) in [4.78, 5) is 4.29. The molecule has 2 rings (SSSR count). The highest BCUT2D eigenvalue weighted by Crippen LogP contribution is 2.17. The molecule has 0 unspecified atom stereocenters. The van der Waals surface area contributed by atoms with E-state index in [1.165, 1.54) is 11.1 Å². The number of nitrogens with one attached hydrogen (secondary N) is 1. The van der Waals surface area contributed by atoms with E-state index in [9.17, 15) is 0 Å². The van der Waals surface area contributed by atoms with Gasteiger partial charge in [-0.15, -0.1) is 6.58 Å². The molecule has 0 radical (unpaired) electrons. The Hall–Kier alpha value is -2.03. The van der Waals surface area contributed by atoms with Crippen LogP contribution in [0, 0.1) is 13.8 Å². The predicted octanol–water partition coefficient (Wildman–Crippen LogP) is 3.09. The van der Waals surface area contributed by atoms with Crippen LogP contribution in [0.2, 0.25) is 0 Å². The minimum atomic E-state index is 0.710. The van der Waals surface area contributed by atoms with Gasteiger partial charge in [0.1, 0.15) is 0 Å². The van der Waals surface area contributed by atoms with Crippen molar-refractivity contribution < 1.29 is 0 Å². The molecule has 0 aliphatic carbocycles. The Morgan fingerprint density at radius 2 is 2.00 bits per heavy atom. The molecule has 0 aliphatic heterocycles. The third-order valence-corrected chi connectivity index (χ3v) is 2.53. The number of aromatic nitrogens is 2. The lowest BCUT2D eigenvalue weighted by Crippen LogP contribution is -2.05. The molecule has 0 saturated heterocycles. The topological polar surface area (TPSA) is 29.9 Å². The van der Waals surface area contributed by atoms with Gasteiger partial charge in [-0.3, -0.25) is 4.57 Å². The summed E-state index contributed by atoms with van der Waals surface area (Å²) in [5.41, 5.74) is 3.64. The van der Waals surface area contributed by atoms with Gasteiger partial charge < -0.3 is 5.32 Å². The molecule has 0 atom stereocenters. The standard InChI is InChI=1S/C14H17N3/c1-4-5-15-14-16-6-7-17(14)13-9-11(2)8-12(3)10-13/h4,6-10H,1,5H2,2-3H3,(H,15,16). The van der Waals surface area contributed by atoms with E-state index < -0.39 is 0 Å². The molecule has 1 aromatic heterocycles. The fraction of sp³-hybridized carbons (Fsp3) is 0.214. The number of aryl methyl sites for hydroxylation is 2. The van der Waals surface area contributed by atoms with Crippen LogP contribution in [-0.2, 0) is 0 Å². The summed E-state index contributed by atoms with van der Waals surface area (Å²) in [5.74, 6) is 0.842. The Kier molecular flexibility index (Phi) is 3.28. The highest BCUT2D eigenvalue weighted by molar-refractivity contribution is 5.45. The van der Waals surface area contributed by atoms with Crippen LogP contribution in [0.3, 0.4) is 0 Å². The minimum Gasteiger partial charge on any atom is -0.352 e. The first-order chi connectivity index (χ1) is 8.20. The molecule has 1 heterocycles. The van der Waals surface area contributed by atoms with Crippen LogP contribution in [0.5, 0.6) is 0 Å². The van der Waals surface area contributed by atoms with Crippen LogP contribution < -0.4 is 5.32 Å². The van der Waals surface area contributed by atoms with Crippen LogP contribution in [-0.4, -0.2) is 16.1 Å². The smallest absolute Gasteiger partial charge is 0.207 e. The molecule has 0 aliphatic rings. The SMILES string of the molecule is C=CCNc1nccn1-c1cc(C)cc(C)c1. The van der Waals surface area contributed by atoms with Gasteiger partial charge in [0.15, 0.2) is 0 Å². The van der Waals surface area contributed by atoms with E-state index in [4.69, 9.17) is 0 Å². The van der Waals surface area contributed by atoms with Gasteiger partial charge in [-0.25, -0.2) is 4.98 Å². The summed E-state index contributed by atoms with van der Waals surface area (Å²) in [5, 5.41) is 3.21. The number of nitrogens with zero attached hydrogens (tertiary/aromatic N) is 2. The molecule has 3 nitrogen and oxygen atoms in total. The molecule has 0 fully saturated rings. The second kappa shape index (κ2) is 4.87. The van der Waals surface area contributed by atoms with Crippen LogP contribution in [0.25, 0.3) is 5.69 Å². The fourth-order valence-corrected chi connectivity index (χ4v) is 1.90. The lowest BCUT2D eigenvalue weighted by atomic mass is 10.1. The molecule has 0 amide bonds. The molecule has 17 heavy (non-hydrogen) atoms. The van der Waals surface area contributed by atoms with Crippen molar-refractivity contribution in [2.45, 2.75) is 13.8 Å². The lowest BCUT2D eigenvalue weighted by Gasteiger charge is -2.10. The summed E-state index contributed by atoms with van der Waals surface area (Å²) in [6, 6.07) is 6.46. The fourth-order valence-electron chi connectivity index (χ4n) is 1.90. The van der Waals surface area contributed by atoms with Gasteiger partial charge in [-0.05, 0) is 37.1 Å². The van der Waals surface area contributed by atoms with Crippen LogP contribution >= 0.6 is 0 Å². The lowest BCUT2D eigenvalue weighted by molar-refractivity contribution is 1.03. The normalized spacial score (nSPS) is 10.2. The number of anilines is 1. The van der Waals surface area contributed by atoms with Crippen LogP contribution in [0.15, 0.2) is 43.2 Å². The van der Waals surface area contributed by atoms with Crippen LogP contribution in [0.1, 0.15) is 11.1 Å². The summed E-state index contributed by atoms with van der Waals surface area (Å²) in [6.45, 7) is 8.60. The molecule has 1 aromatic carbocycles. The zero-order chi connectivity index (χ0) is 12.3. The Balaban J connectivity index is 2.38. The third kappa shape index (κ3) is 2.56. The van der Waals surface area contributed by atoms with Crippen molar-refractivity contribution in [2.75, 3.05) is 11.9 Å². The van der Waals surface area contributed by atoms with Crippen molar-refractivity contribution in [3.63, 3.8) is 0 Å². The zero-order valence-corrected chi connectivity index (χ0v) is 10.3. The maximum Gasteiger partial charge on any atom is 0.207 e. The quantitative estimate of drug-likeness (QED) is 0.813. The minimum absolute atomic E-state index is 0.710. The van der Waals surface area contributed by atoms with Crippen molar-refractivity contribution in [1.82, 2.24) is 9.55 Å². The summed E-state index contributed by atoms with van der Waals surface area (Å²) in [6.07, 6.45) is 5.57. The first-order valence-electron chi connectivity index (χ1n) is 5.67. The number of benzene rings is 1. The van der Waals surface area contributed by atoms with Gasteiger partial charge in [-0.1, -0.05) is 12.1 Å². The molecule has 1 N–H and O–H groups in total. The summed E-state index contributed by atoms with van der Waals surface area (Å²) >= 11 is 0. The largest absolute Gasteiger partial charge is 0.352 e. The molecule has 2 aromatic rings. The van der Waals surface area contributed by atoms with Crippen molar-refractivity contribution in [3.05, 3.63) is 54.4 Å². The van der Waals surface area contributed by atoms with Crippen LogP contribution in [0.4, 0.5) is 5.95 Å². The highest BCUT2D eigenvalue weighted by Gasteiger charge is 2.04. The average Bonchev–Trinajstić information content (AvgIpc) is 2.73. The van der Waals surface area contributed by atoms with Gasteiger partial charge in [0.05, 0.1) is 0 Å². The van der Waals surface area contributed by atoms with E-state index in [1.807, 2.05) is 16.8 Å². The first kappa shape index (κ1) is 11.5. The van der Waals surface area contributed by atoms with E-state index >= 15 is 0 Å². The molecular formula is C14H17N3. The van der Waals surface area contributed by atoms with Gasteiger partial charge in [-0.2, -0.15) is 0 Å². The molecule has 0 spiro atoms. The Morgan fingerprint density at radius 1 is 1.29 bits per heavy atom. The second-order valence-electron chi connectivity index (χ2n) is 4.14. The molecular weight excluding hydrogens is 210 g/mol. The third-order valence-electron chi connectivity index (χ3n) is 2.53. The molecule has 88 valence electrons. The molecule has 0 saturated carbocycles. The van der Waals surface area contributed by atoms with Gasteiger partial charge in [0.25, 0.3) is 0 Å². The number of hydrogen-bond donors (Lipinski definition) is 1. The van der Waals surface area contributed by atoms with E-state index in [1.54, 1.807) is 6.20 Å². The Bertz CT molecular complexity index is 506. The van der Waals surface area contributed by atoms with Gasteiger partial charge in [0.2, 0.25) is 5.95 Å². The van der Waals surface area contributed by atoms with E-state index in [-0.39, 0.29) is 0 Å². The molecule has 3 heteroatoms. The molecule has 0 bridgehead atoms. The van der Waals surface area contributed by atoms with E-state index in [0.29, 0.717) is 6.54 Å². The number of imidazole rings is 1. The zero-order valence-electron chi connectivity index (χ0n) is 10.3. The highest BCUT2D eigenvalue weighted by atomic mass is 15.2. The number of rotatable bonds is 4. The monoisotopic (exact) mass is 227 g/mol. The first-order valence-corrected chi connectivity index (χ1v) is 5.67. The van der Waals surface area contributed by atoms with Crippen molar-refractivity contribution in [1.29, 1.82) is 0 Å². The van der Waals surface area contributed by atoms with Crippen molar-refractivity contribution in [3.8, 4) is 5.69 Å². The predicted molar refractivity (Wildman–Crippen MR) is 71.7 cm³/mol. The second-order valence-corrected chi connectivity index (χ2v) is 4.14. The summed E-state index contributed by atoms with van der Waals surface area (Å²) < 4.78 is 2.05. The maximum absolute atomic E-state index is 4.29. The maximum atomic E-state index is 4.29. The van der Waals surface area contributed by atoms with Gasteiger partial charge in [0, 0.05) is 24.6 Å². The Morgan fingerprint density at radius 3 is 2.65 bits per heavy atom. The average molecular weight is 227 g/mol. The van der Waals surface area contributed by atoms with Crippen molar-refractivity contribution >= 4 is 5.95 Å². The van der Waals surface area contributed by atoms with E-state index in [0.717, 1.165) is 11.6 Å². The Labute approximate surface area is 102 Å². The number of hydrogen-bond acceptors (Lipinski definition) is 2. The van der Waals surface area contributed by atoms with Crippen molar-refractivity contribution in [2.24, 2.45) is 0 Å².